The van der Waals surface area contributed by atoms with E-state index in [9.17, 15) is 5.11 Å². The normalized spacial score (nSPS) is 25.0. The molecule has 0 saturated carbocycles. The Kier molecular flexibility index (Phi) is 3.58. The lowest BCUT2D eigenvalue weighted by atomic mass is 9.86. The lowest BCUT2D eigenvalue weighted by molar-refractivity contribution is 0.0292. The van der Waals surface area contributed by atoms with Crippen molar-refractivity contribution in [2.45, 2.75) is 25.1 Å². The van der Waals surface area contributed by atoms with Crippen molar-refractivity contribution in [1.29, 1.82) is 0 Å². The molecule has 1 aromatic heterocycles. The highest BCUT2D eigenvalue weighted by atomic mass is 16.3. The molecular weight excluding hydrogens is 276 g/mol. The number of benzene rings is 1. The molecule has 0 fully saturated rings. The van der Waals surface area contributed by atoms with E-state index >= 15 is 0 Å². The van der Waals surface area contributed by atoms with Gasteiger partial charge in [-0.2, -0.15) is 0 Å². The van der Waals surface area contributed by atoms with Crippen molar-refractivity contribution >= 4 is 5.96 Å². The first-order valence-electron chi connectivity index (χ1n) is 7.27. The maximum absolute atomic E-state index is 10.2. The molecule has 0 amide bonds. The van der Waals surface area contributed by atoms with Gasteiger partial charge in [-0.15, -0.1) is 0 Å². The summed E-state index contributed by atoms with van der Waals surface area (Å²) >= 11 is 0. The number of aromatic nitrogens is 1. The SMILES string of the molecule is CN1C(N)=NC(C)(c2cccc(-c3cccnc3)c2)C[C@@H]1O. The Morgan fingerprint density at radius 1 is 1.27 bits per heavy atom. The van der Waals surface area contributed by atoms with Crippen LogP contribution in [0.5, 0.6) is 0 Å². The van der Waals surface area contributed by atoms with Crippen LogP contribution in [0, 0.1) is 0 Å². The Morgan fingerprint density at radius 2 is 2.05 bits per heavy atom. The summed E-state index contributed by atoms with van der Waals surface area (Å²) in [5, 5.41) is 10.2. The molecule has 5 nitrogen and oxygen atoms in total. The molecule has 0 bridgehead atoms. The molecule has 1 aliphatic heterocycles. The number of nitrogens with zero attached hydrogens (tertiary/aromatic N) is 3. The summed E-state index contributed by atoms with van der Waals surface area (Å²) < 4.78 is 0. The van der Waals surface area contributed by atoms with Crippen LogP contribution in [0.25, 0.3) is 11.1 Å². The van der Waals surface area contributed by atoms with Crippen LogP contribution in [-0.4, -0.2) is 34.2 Å². The molecule has 3 rings (SSSR count). The molecule has 3 N–H and O–H groups in total. The number of hydrogen-bond acceptors (Lipinski definition) is 5. The predicted molar refractivity (Wildman–Crippen MR) is 87.0 cm³/mol. The Morgan fingerprint density at radius 3 is 2.73 bits per heavy atom. The minimum atomic E-state index is -0.635. The number of nitrogens with two attached hydrogens (primary N) is 1. The van der Waals surface area contributed by atoms with Crippen LogP contribution < -0.4 is 5.73 Å². The van der Waals surface area contributed by atoms with Gasteiger partial charge in [0.25, 0.3) is 0 Å². The Labute approximate surface area is 130 Å². The Balaban J connectivity index is 2.02. The van der Waals surface area contributed by atoms with Crippen molar-refractivity contribution in [1.82, 2.24) is 9.88 Å². The summed E-state index contributed by atoms with van der Waals surface area (Å²) in [6.07, 6.45) is 3.46. The van der Waals surface area contributed by atoms with Crippen molar-refractivity contribution in [3.63, 3.8) is 0 Å². The van der Waals surface area contributed by atoms with Crippen LogP contribution >= 0.6 is 0 Å². The average molecular weight is 296 g/mol. The number of aliphatic hydroxyl groups is 1. The quantitative estimate of drug-likeness (QED) is 0.888. The summed E-state index contributed by atoms with van der Waals surface area (Å²) in [5.41, 5.74) is 8.57. The minimum absolute atomic E-state index is 0.355. The summed E-state index contributed by atoms with van der Waals surface area (Å²) in [4.78, 5) is 10.3. The van der Waals surface area contributed by atoms with E-state index in [4.69, 9.17) is 5.73 Å². The van der Waals surface area contributed by atoms with E-state index in [1.807, 2.05) is 43.5 Å². The van der Waals surface area contributed by atoms with Gasteiger partial charge in [-0.25, -0.2) is 4.99 Å². The van der Waals surface area contributed by atoms with Gasteiger partial charge in [0.1, 0.15) is 6.23 Å². The molecule has 0 spiro atoms. The van der Waals surface area contributed by atoms with Gasteiger partial charge in [0.15, 0.2) is 5.96 Å². The van der Waals surface area contributed by atoms with Gasteiger partial charge in [0.05, 0.1) is 5.54 Å². The van der Waals surface area contributed by atoms with E-state index in [0.717, 1.165) is 16.7 Å². The van der Waals surface area contributed by atoms with Crippen molar-refractivity contribution in [2.24, 2.45) is 10.7 Å². The number of pyridine rings is 1. The molecule has 114 valence electrons. The topological polar surface area (TPSA) is 74.7 Å². The van der Waals surface area contributed by atoms with Gasteiger partial charge in [-0.1, -0.05) is 24.3 Å². The fraction of sp³-hybridized carbons (Fsp3) is 0.294. The van der Waals surface area contributed by atoms with Crippen LogP contribution in [0.2, 0.25) is 0 Å². The Bertz CT molecular complexity index is 701. The summed E-state index contributed by atoms with van der Waals surface area (Å²) in [5.74, 6) is 0.355. The van der Waals surface area contributed by atoms with Gasteiger partial charge in [-0.3, -0.25) is 4.98 Å². The zero-order valence-corrected chi connectivity index (χ0v) is 12.8. The molecule has 22 heavy (non-hydrogen) atoms. The van der Waals surface area contributed by atoms with Crippen molar-refractivity contribution in [3.8, 4) is 11.1 Å². The van der Waals surface area contributed by atoms with Crippen LogP contribution in [0.1, 0.15) is 18.9 Å². The van der Waals surface area contributed by atoms with E-state index in [-0.39, 0.29) is 0 Å². The number of hydrogen-bond donors (Lipinski definition) is 2. The summed E-state index contributed by atoms with van der Waals surface area (Å²) in [6.45, 7) is 2.00. The van der Waals surface area contributed by atoms with Crippen LogP contribution in [0.3, 0.4) is 0 Å². The lowest BCUT2D eigenvalue weighted by Gasteiger charge is -2.38. The third-order valence-electron chi connectivity index (χ3n) is 4.23. The largest absolute Gasteiger partial charge is 0.373 e. The monoisotopic (exact) mass is 296 g/mol. The van der Waals surface area contributed by atoms with Crippen molar-refractivity contribution in [2.75, 3.05) is 7.05 Å². The third-order valence-corrected chi connectivity index (χ3v) is 4.23. The molecule has 0 saturated heterocycles. The van der Waals surface area contributed by atoms with E-state index < -0.39 is 11.8 Å². The second kappa shape index (κ2) is 5.42. The van der Waals surface area contributed by atoms with Gasteiger partial charge in [0, 0.05) is 25.9 Å². The molecule has 2 atom stereocenters. The molecular formula is C17H20N4O. The maximum atomic E-state index is 10.2. The average Bonchev–Trinajstić information content (AvgIpc) is 2.53. The first-order valence-corrected chi connectivity index (χ1v) is 7.27. The molecule has 0 radical (unpaired) electrons. The Hall–Kier alpha value is -2.40. The van der Waals surface area contributed by atoms with Crippen LogP contribution in [0.15, 0.2) is 53.8 Å². The third kappa shape index (κ3) is 2.55. The van der Waals surface area contributed by atoms with E-state index in [2.05, 4.69) is 16.0 Å². The number of guanidine groups is 1. The van der Waals surface area contributed by atoms with Gasteiger partial charge >= 0.3 is 0 Å². The second-order valence-electron chi connectivity index (χ2n) is 5.86. The molecule has 1 aliphatic rings. The molecule has 1 unspecified atom stereocenters. The number of aliphatic hydroxyl groups excluding tert-OH is 1. The fourth-order valence-corrected chi connectivity index (χ4v) is 2.77. The van der Waals surface area contributed by atoms with E-state index in [0.29, 0.717) is 12.4 Å². The lowest BCUT2D eigenvalue weighted by Crippen LogP contribution is -2.50. The summed E-state index contributed by atoms with van der Waals surface area (Å²) in [7, 11) is 1.75. The predicted octanol–water partition coefficient (Wildman–Crippen LogP) is 1.93. The highest BCUT2D eigenvalue weighted by molar-refractivity contribution is 5.79. The van der Waals surface area contributed by atoms with Gasteiger partial charge < -0.3 is 15.7 Å². The molecule has 2 aromatic rings. The van der Waals surface area contributed by atoms with Crippen LogP contribution in [-0.2, 0) is 5.54 Å². The van der Waals surface area contributed by atoms with Crippen LogP contribution in [0.4, 0.5) is 0 Å². The molecule has 1 aromatic carbocycles. The molecule has 2 heterocycles. The number of aliphatic imine (C=N–C) groups is 1. The van der Waals surface area contributed by atoms with Crippen molar-refractivity contribution < 1.29 is 5.11 Å². The van der Waals surface area contributed by atoms with Gasteiger partial charge in [-0.05, 0) is 35.7 Å². The zero-order valence-electron chi connectivity index (χ0n) is 12.8. The first kappa shape index (κ1) is 14.5. The fourth-order valence-electron chi connectivity index (χ4n) is 2.77. The standard InChI is InChI=1S/C17H20N4O/c1-17(10-15(22)21(2)16(18)20-17)14-7-3-5-12(9-14)13-6-4-8-19-11-13/h3-9,11,15,22H,10H2,1-2H3,(H2,18,20)/t15-,17?/m0/s1. The highest BCUT2D eigenvalue weighted by Gasteiger charge is 2.36. The summed E-state index contributed by atoms with van der Waals surface area (Å²) in [6, 6.07) is 12.1. The highest BCUT2D eigenvalue weighted by Crippen LogP contribution is 2.35. The number of rotatable bonds is 2. The van der Waals surface area contributed by atoms with E-state index in [1.165, 1.54) is 0 Å². The zero-order chi connectivity index (χ0) is 15.7. The van der Waals surface area contributed by atoms with Gasteiger partial charge in [0.2, 0.25) is 0 Å². The minimum Gasteiger partial charge on any atom is -0.373 e. The molecule has 5 heteroatoms. The van der Waals surface area contributed by atoms with E-state index in [1.54, 1.807) is 18.1 Å². The molecule has 0 aliphatic carbocycles. The maximum Gasteiger partial charge on any atom is 0.193 e. The first-order chi connectivity index (χ1) is 10.5. The second-order valence-corrected chi connectivity index (χ2v) is 5.86. The van der Waals surface area contributed by atoms with Crippen molar-refractivity contribution in [3.05, 3.63) is 54.4 Å². The smallest absolute Gasteiger partial charge is 0.193 e.